The van der Waals surface area contributed by atoms with Crippen LogP contribution in [0.5, 0.6) is 0 Å². The number of nitrogens with one attached hydrogen (secondary N) is 1. The van der Waals surface area contributed by atoms with E-state index < -0.39 is 0 Å². The van der Waals surface area contributed by atoms with Gasteiger partial charge in [-0.05, 0) is 25.0 Å². The largest absolute Gasteiger partial charge is 0.363 e. The topological polar surface area (TPSA) is 36.1 Å². The molecule has 64 valence electrons. The second kappa shape index (κ2) is 3.01. The summed E-state index contributed by atoms with van der Waals surface area (Å²) >= 11 is 0. The average molecular weight is 164 g/mol. The molecule has 1 aliphatic rings. The summed E-state index contributed by atoms with van der Waals surface area (Å²) in [6.45, 7) is 0.896. The van der Waals surface area contributed by atoms with Gasteiger partial charge in [0, 0.05) is 18.4 Å². The van der Waals surface area contributed by atoms with Gasteiger partial charge in [-0.3, -0.25) is 4.79 Å². The van der Waals surface area contributed by atoms with Crippen LogP contribution >= 0.6 is 0 Å². The molecule has 1 atom stereocenters. The Morgan fingerprint density at radius 1 is 1.67 bits per heavy atom. The van der Waals surface area contributed by atoms with Crippen LogP contribution in [-0.2, 0) is 4.79 Å². The number of aromatic nitrogens is 1. The molecule has 12 heavy (non-hydrogen) atoms. The Bertz CT molecular complexity index is 256. The lowest BCUT2D eigenvalue weighted by molar-refractivity contribution is -0.119. The first kappa shape index (κ1) is 7.40. The summed E-state index contributed by atoms with van der Waals surface area (Å²) in [4.78, 5) is 15.6. The Balaban J connectivity index is 2.18. The Labute approximate surface area is 71.4 Å². The van der Waals surface area contributed by atoms with Crippen molar-refractivity contribution >= 4 is 6.41 Å². The zero-order valence-electron chi connectivity index (χ0n) is 6.86. The van der Waals surface area contributed by atoms with Crippen LogP contribution in [0.2, 0.25) is 0 Å². The summed E-state index contributed by atoms with van der Waals surface area (Å²) in [5.74, 6) is 0. The van der Waals surface area contributed by atoms with Gasteiger partial charge in [-0.2, -0.15) is 0 Å². The van der Waals surface area contributed by atoms with Gasteiger partial charge in [0.15, 0.2) is 0 Å². The molecule has 1 saturated heterocycles. The van der Waals surface area contributed by atoms with E-state index >= 15 is 0 Å². The molecule has 2 rings (SSSR count). The molecule has 1 unspecified atom stereocenters. The predicted molar refractivity (Wildman–Crippen MR) is 45.5 cm³/mol. The van der Waals surface area contributed by atoms with Gasteiger partial charge in [0.25, 0.3) is 0 Å². The predicted octanol–water partition coefficient (Wildman–Crippen LogP) is 1.31. The number of hydrogen-bond donors (Lipinski definition) is 1. The normalized spacial score (nSPS) is 23.0. The lowest BCUT2D eigenvalue weighted by Gasteiger charge is -2.18. The molecule has 0 saturated carbocycles. The number of likely N-dealkylation sites (tertiary alicyclic amines) is 1. The SMILES string of the molecule is O=CN1CCCC1c1ccc[nH]1. The van der Waals surface area contributed by atoms with Crippen molar-refractivity contribution in [1.82, 2.24) is 9.88 Å². The number of carbonyl (C=O) groups is 1. The molecular formula is C9H12N2O. The standard InChI is InChI=1S/C9H12N2O/c12-7-11-6-2-4-9(11)8-3-1-5-10-8/h1,3,5,7,9-10H,2,4,6H2. The van der Waals surface area contributed by atoms with E-state index in [1.165, 1.54) is 0 Å². The fourth-order valence-electron chi connectivity index (χ4n) is 1.80. The number of hydrogen-bond acceptors (Lipinski definition) is 1. The van der Waals surface area contributed by atoms with Crippen molar-refractivity contribution < 1.29 is 4.79 Å². The van der Waals surface area contributed by atoms with Gasteiger partial charge in [0.2, 0.25) is 6.41 Å². The van der Waals surface area contributed by atoms with Crippen molar-refractivity contribution in [3.05, 3.63) is 24.0 Å². The summed E-state index contributed by atoms with van der Waals surface area (Å²) < 4.78 is 0. The number of carbonyl (C=O) groups excluding carboxylic acids is 1. The number of rotatable bonds is 2. The van der Waals surface area contributed by atoms with E-state index in [-0.39, 0.29) is 6.04 Å². The van der Waals surface area contributed by atoms with Crippen LogP contribution in [0.1, 0.15) is 24.6 Å². The second-order valence-electron chi connectivity index (χ2n) is 3.13. The van der Waals surface area contributed by atoms with Crippen LogP contribution in [-0.4, -0.2) is 22.8 Å². The summed E-state index contributed by atoms with van der Waals surface area (Å²) in [7, 11) is 0. The Kier molecular flexibility index (Phi) is 1.86. The van der Waals surface area contributed by atoms with Crippen molar-refractivity contribution in [2.45, 2.75) is 18.9 Å². The van der Waals surface area contributed by atoms with E-state index in [0.717, 1.165) is 31.5 Å². The zero-order chi connectivity index (χ0) is 8.39. The van der Waals surface area contributed by atoms with Crippen molar-refractivity contribution in [3.8, 4) is 0 Å². The molecule has 1 aromatic rings. The molecule has 0 spiro atoms. The molecule has 1 N–H and O–H groups in total. The first-order valence-corrected chi connectivity index (χ1v) is 4.26. The van der Waals surface area contributed by atoms with Crippen LogP contribution in [0, 0.1) is 0 Å². The lowest BCUT2D eigenvalue weighted by Crippen LogP contribution is -2.21. The zero-order valence-corrected chi connectivity index (χ0v) is 6.86. The van der Waals surface area contributed by atoms with E-state index in [0.29, 0.717) is 0 Å². The second-order valence-corrected chi connectivity index (χ2v) is 3.13. The van der Waals surface area contributed by atoms with Crippen molar-refractivity contribution in [2.24, 2.45) is 0 Å². The fourth-order valence-corrected chi connectivity index (χ4v) is 1.80. The molecule has 0 aliphatic carbocycles. The third kappa shape index (κ3) is 1.11. The van der Waals surface area contributed by atoms with Crippen molar-refractivity contribution in [2.75, 3.05) is 6.54 Å². The molecule has 1 fully saturated rings. The highest BCUT2D eigenvalue weighted by Crippen LogP contribution is 2.28. The van der Waals surface area contributed by atoms with E-state index in [9.17, 15) is 4.79 Å². The summed E-state index contributed by atoms with van der Waals surface area (Å²) in [6.07, 6.45) is 5.04. The Morgan fingerprint density at radius 2 is 2.58 bits per heavy atom. The maximum absolute atomic E-state index is 10.6. The van der Waals surface area contributed by atoms with Crippen LogP contribution in [0.15, 0.2) is 18.3 Å². The van der Waals surface area contributed by atoms with E-state index in [1.807, 2.05) is 23.2 Å². The van der Waals surface area contributed by atoms with Gasteiger partial charge < -0.3 is 9.88 Å². The molecule has 1 aliphatic heterocycles. The quantitative estimate of drug-likeness (QED) is 0.657. The maximum Gasteiger partial charge on any atom is 0.210 e. The molecular weight excluding hydrogens is 152 g/mol. The van der Waals surface area contributed by atoms with Crippen LogP contribution in [0.25, 0.3) is 0 Å². The van der Waals surface area contributed by atoms with Gasteiger partial charge in [-0.15, -0.1) is 0 Å². The first-order chi connectivity index (χ1) is 5.92. The Hall–Kier alpha value is -1.25. The molecule has 2 heterocycles. The van der Waals surface area contributed by atoms with E-state index in [2.05, 4.69) is 4.98 Å². The lowest BCUT2D eigenvalue weighted by atomic mass is 10.1. The van der Waals surface area contributed by atoms with Crippen molar-refractivity contribution in [1.29, 1.82) is 0 Å². The molecule has 1 amide bonds. The highest BCUT2D eigenvalue weighted by atomic mass is 16.1. The molecule has 1 aromatic heterocycles. The summed E-state index contributed by atoms with van der Waals surface area (Å²) in [5, 5.41) is 0. The number of nitrogens with zero attached hydrogens (tertiary/aromatic N) is 1. The van der Waals surface area contributed by atoms with Gasteiger partial charge in [-0.25, -0.2) is 0 Å². The average Bonchev–Trinajstić information content (AvgIpc) is 2.74. The highest BCUT2D eigenvalue weighted by molar-refractivity contribution is 5.49. The van der Waals surface area contributed by atoms with Gasteiger partial charge >= 0.3 is 0 Å². The fraction of sp³-hybridized carbons (Fsp3) is 0.444. The Morgan fingerprint density at radius 3 is 3.25 bits per heavy atom. The molecule has 0 radical (unpaired) electrons. The minimum atomic E-state index is 0.289. The first-order valence-electron chi connectivity index (χ1n) is 4.26. The number of aromatic amines is 1. The van der Waals surface area contributed by atoms with Gasteiger partial charge in [-0.1, -0.05) is 0 Å². The smallest absolute Gasteiger partial charge is 0.210 e. The summed E-state index contributed by atoms with van der Waals surface area (Å²) in [5.41, 5.74) is 1.15. The van der Waals surface area contributed by atoms with Gasteiger partial charge in [0.1, 0.15) is 0 Å². The molecule has 3 nitrogen and oxygen atoms in total. The van der Waals surface area contributed by atoms with Crippen LogP contribution in [0.3, 0.4) is 0 Å². The third-order valence-corrected chi connectivity index (χ3v) is 2.41. The van der Waals surface area contributed by atoms with Gasteiger partial charge in [0.05, 0.1) is 6.04 Å². The molecule has 0 aromatic carbocycles. The number of amides is 1. The maximum atomic E-state index is 10.6. The highest BCUT2D eigenvalue weighted by Gasteiger charge is 2.24. The third-order valence-electron chi connectivity index (χ3n) is 2.41. The monoisotopic (exact) mass is 164 g/mol. The minimum absolute atomic E-state index is 0.289. The molecule has 3 heteroatoms. The van der Waals surface area contributed by atoms with Crippen LogP contribution < -0.4 is 0 Å². The van der Waals surface area contributed by atoms with E-state index in [4.69, 9.17) is 0 Å². The number of H-pyrrole nitrogens is 1. The van der Waals surface area contributed by atoms with Crippen molar-refractivity contribution in [3.63, 3.8) is 0 Å². The van der Waals surface area contributed by atoms with E-state index in [1.54, 1.807) is 0 Å². The van der Waals surface area contributed by atoms with Crippen LogP contribution in [0.4, 0.5) is 0 Å². The summed E-state index contributed by atoms with van der Waals surface area (Å²) in [6, 6.07) is 4.29. The molecule has 0 bridgehead atoms. The minimum Gasteiger partial charge on any atom is -0.363 e.